The van der Waals surface area contributed by atoms with Crippen molar-refractivity contribution in [1.82, 2.24) is 9.44 Å². The Balaban J connectivity index is 1.63. The maximum atomic E-state index is 6.40. The summed E-state index contributed by atoms with van der Waals surface area (Å²) >= 11 is 65.4. The summed E-state index contributed by atoms with van der Waals surface area (Å²) in [5, 5.41) is 2.23. The Morgan fingerprint density at radius 3 is 0.973 bits per heavy atom. The van der Waals surface area contributed by atoms with E-state index >= 15 is 0 Å². The van der Waals surface area contributed by atoms with E-state index in [9.17, 15) is 0 Å². The highest BCUT2D eigenvalue weighted by atomic mass is 35.5. The number of rotatable bonds is 6. The van der Waals surface area contributed by atoms with Crippen molar-refractivity contribution in [3.8, 4) is 0 Å². The smallest absolute Gasteiger partial charge is 0.0809 e. The van der Waals surface area contributed by atoms with E-state index in [0.717, 1.165) is 57.8 Å². The molecule has 0 aromatic heterocycles. The first kappa shape index (κ1) is 33.5. The van der Waals surface area contributed by atoms with Crippen molar-refractivity contribution in [2.75, 3.05) is 0 Å². The van der Waals surface area contributed by atoms with Crippen LogP contribution in [0.4, 0.5) is 0 Å². The molecule has 2 N–H and O–H groups in total. The van der Waals surface area contributed by atoms with Gasteiger partial charge in [0.15, 0.2) is 0 Å². The van der Waals surface area contributed by atoms with Gasteiger partial charge < -0.3 is 0 Å². The summed E-state index contributed by atoms with van der Waals surface area (Å²) in [5.41, 5.74) is 0. The summed E-state index contributed by atoms with van der Waals surface area (Å²) in [6.45, 7) is 0. The lowest BCUT2D eigenvalue weighted by atomic mass is 10.0. The van der Waals surface area contributed by atoms with Crippen LogP contribution in [0, 0.1) is 0 Å². The Labute approximate surface area is 276 Å². The molecule has 1 aliphatic rings. The lowest BCUT2D eigenvalue weighted by Crippen LogP contribution is -2.26. The molecular weight excluding hydrogens is 723 g/mol. The van der Waals surface area contributed by atoms with Gasteiger partial charge in [-0.15, -0.1) is 0 Å². The van der Waals surface area contributed by atoms with Crippen LogP contribution in [0.15, 0.2) is 9.79 Å². The van der Waals surface area contributed by atoms with E-state index < -0.39 is 0 Å². The molecule has 1 fully saturated rings. The molecule has 0 spiro atoms. The third-order valence-electron chi connectivity index (χ3n) is 5.95. The molecule has 2 aromatic carbocycles. The van der Waals surface area contributed by atoms with E-state index in [1.165, 1.54) is 23.9 Å². The molecule has 1 aliphatic carbocycles. The summed E-state index contributed by atoms with van der Waals surface area (Å²) < 4.78 is 7.04. The van der Waals surface area contributed by atoms with Crippen LogP contribution in [0.1, 0.15) is 57.8 Å². The molecule has 0 aliphatic heterocycles. The van der Waals surface area contributed by atoms with E-state index in [1.807, 2.05) is 0 Å². The lowest BCUT2D eigenvalue weighted by Gasteiger charge is -2.22. The summed E-state index contributed by atoms with van der Waals surface area (Å²) in [6, 6.07) is 0.518. The van der Waals surface area contributed by atoms with Crippen molar-refractivity contribution in [1.29, 1.82) is 0 Å². The zero-order valence-corrected chi connectivity index (χ0v) is 28.3. The first-order valence-electron chi connectivity index (χ1n) is 11.4. The summed E-state index contributed by atoms with van der Waals surface area (Å²) in [7, 11) is 0. The third kappa shape index (κ3) is 8.74. The molecule has 3 rings (SSSR count). The molecule has 2 nitrogen and oxygen atoms in total. The number of benzene rings is 2. The number of hydrogen-bond donors (Lipinski definition) is 2. The second-order valence-electron chi connectivity index (χ2n) is 8.55. The minimum Gasteiger partial charge on any atom is -0.257 e. The van der Waals surface area contributed by atoms with E-state index in [-0.39, 0.29) is 62.3 Å². The van der Waals surface area contributed by atoms with Gasteiger partial charge in [-0.25, -0.2) is 0 Å². The van der Waals surface area contributed by atoms with Crippen molar-refractivity contribution in [3.63, 3.8) is 0 Å². The molecule has 2 atom stereocenters. The molecule has 0 heterocycles. The van der Waals surface area contributed by atoms with Gasteiger partial charge in [-0.05, 0) is 49.6 Å². The average Bonchev–Trinajstić information content (AvgIpc) is 2.94. The fourth-order valence-corrected chi connectivity index (χ4v) is 8.67. The first-order chi connectivity index (χ1) is 17.5. The predicted molar refractivity (Wildman–Crippen MR) is 170 cm³/mol. The molecule has 2 unspecified atom stereocenters. The third-order valence-corrected chi connectivity index (χ3v) is 13.1. The fourth-order valence-electron chi connectivity index (χ4n) is 3.90. The predicted octanol–water partition coefficient (Wildman–Crippen LogP) is 13.4. The van der Waals surface area contributed by atoms with Gasteiger partial charge in [0.05, 0.1) is 60.0 Å². The van der Waals surface area contributed by atoms with Crippen LogP contribution in [0.25, 0.3) is 0 Å². The quantitative estimate of drug-likeness (QED) is 0.175. The minimum atomic E-state index is 0.153. The second kappa shape index (κ2) is 16.0. The molecular formula is C23H22Cl10N2S2. The van der Waals surface area contributed by atoms with Crippen LogP contribution in [0.2, 0.25) is 50.2 Å². The standard InChI is InChI=1S/C23H22Cl10N2S2/c24-12-14(26)18(30)22(19(31)15(12)27)36-34-10-6-3-1-2-4-7-11(9-5-8-10)35-37-23-20(32)16(28)13(25)17(29)21(23)33/h10-11,34-35H,1-9H2. The zero-order chi connectivity index (χ0) is 27.3. The van der Waals surface area contributed by atoms with E-state index in [0.29, 0.717) is 9.79 Å². The van der Waals surface area contributed by atoms with Gasteiger partial charge in [0, 0.05) is 12.1 Å². The normalized spacial score (nSPS) is 19.6. The zero-order valence-electron chi connectivity index (χ0n) is 19.1. The van der Waals surface area contributed by atoms with Crippen LogP contribution in [-0.2, 0) is 0 Å². The Bertz CT molecular complexity index is 974. The molecule has 0 radical (unpaired) electrons. The molecule has 37 heavy (non-hydrogen) atoms. The van der Waals surface area contributed by atoms with Crippen LogP contribution in [0.3, 0.4) is 0 Å². The largest absolute Gasteiger partial charge is 0.257 e. The summed E-state index contributed by atoms with van der Waals surface area (Å²) in [6.07, 6.45) is 9.59. The molecule has 0 bridgehead atoms. The van der Waals surface area contributed by atoms with Crippen LogP contribution < -0.4 is 9.44 Å². The highest BCUT2D eigenvalue weighted by Gasteiger charge is 2.23. The van der Waals surface area contributed by atoms with Gasteiger partial charge in [0.25, 0.3) is 0 Å². The van der Waals surface area contributed by atoms with Gasteiger partial charge in [-0.2, -0.15) is 0 Å². The van der Waals surface area contributed by atoms with Crippen molar-refractivity contribution in [3.05, 3.63) is 50.2 Å². The Morgan fingerprint density at radius 1 is 0.378 bits per heavy atom. The van der Waals surface area contributed by atoms with Crippen molar-refractivity contribution >= 4 is 140 Å². The van der Waals surface area contributed by atoms with Gasteiger partial charge in [0.1, 0.15) is 0 Å². The van der Waals surface area contributed by atoms with Gasteiger partial charge >= 0.3 is 0 Å². The van der Waals surface area contributed by atoms with Crippen LogP contribution in [0.5, 0.6) is 0 Å². The van der Waals surface area contributed by atoms with E-state index in [4.69, 9.17) is 116 Å². The summed E-state index contributed by atoms with van der Waals surface area (Å²) in [5.74, 6) is 0. The van der Waals surface area contributed by atoms with Crippen molar-refractivity contribution in [2.45, 2.75) is 79.7 Å². The van der Waals surface area contributed by atoms with Gasteiger partial charge in [-0.3, -0.25) is 9.44 Å². The number of halogens is 10. The van der Waals surface area contributed by atoms with E-state index in [2.05, 4.69) is 9.44 Å². The SMILES string of the molecule is Clc1c(Cl)c(Cl)c(SNC2CCCCCCC(NSc3c(Cl)c(Cl)c(Cl)c(Cl)c3Cl)CCC2)c(Cl)c1Cl. The molecule has 2 aromatic rings. The Morgan fingerprint density at radius 2 is 0.649 bits per heavy atom. The number of hydrogen-bond acceptors (Lipinski definition) is 4. The van der Waals surface area contributed by atoms with Crippen LogP contribution in [-0.4, -0.2) is 12.1 Å². The lowest BCUT2D eigenvalue weighted by molar-refractivity contribution is 0.463. The highest BCUT2D eigenvalue weighted by Crippen LogP contribution is 2.48. The van der Waals surface area contributed by atoms with Crippen molar-refractivity contribution < 1.29 is 0 Å². The fraction of sp³-hybridized carbons (Fsp3) is 0.478. The summed E-state index contributed by atoms with van der Waals surface area (Å²) in [4.78, 5) is 1.14. The van der Waals surface area contributed by atoms with Crippen molar-refractivity contribution in [2.24, 2.45) is 0 Å². The monoisotopic (exact) mass is 740 g/mol. The Kier molecular flexibility index (Phi) is 14.5. The minimum absolute atomic E-state index is 0.153. The van der Waals surface area contributed by atoms with Gasteiger partial charge in [-0.1, -0.05) is 148 Å². The van der Waals surface area contributed by atoms with Gasteiger partial charge in [0.2, 0.25) is 0 Å². The molecule has 0 amide bonds. The number of nitrogens with one attached hydrogen (secondary N) is 2. The molecule has 206 valence electrons. The second-order valence-corrected chi connectivity index (χ2v) is 14.0. The molecule has 14 heteroatoms. The van der Waals surface area contributed by atoms with E-state index in [1.54, 1.807) is 0 Å². The maximum Gasteiger partial charge on any atom is 0.0809 e. The maximum absolute atomic E-state index is 6.40. The van der Waals surface area contributed by atoms with Crippen LogP contribution >= 0.6 is 140 Å². The average molecular weight is 745 g/mol. The topological polar surface area (TPSA) is 24.1 Å². The first-order valence-corrected chi connectivity index (χ1v) is 16.8. The highest BCUT2D eigenvalue weighted by molar-refractivity contribution is 7.98. The molecule has 1 saturated carbocycles. The molecule has 0 saturated heterocycles. The Hall–Kier alpha value is 1.96.